The zero-order valence-electron chi connectivity index (χ0n) is 21.0. The van der Waals surface area contributed by atoms with Gasteiger partial charge >= 0.3 is 5.97 Å². The molecule has 2 fully saturated rings. The Labute approximate surface area is 206 Å². The van der Waals surface area contributed by atoms with E-state index in [1.54, 1.807) is 0 Å². The van der Waals surface area contributed by atoms with Crippen LogP contribution in [0.5, 0.6) is 5.75 Å². The third-order valence-corrected chi connectivity index (χ3v) is 8.13. The normalized spacial score (nSPS) is 30.0. The molecule has 35 heavy (non-hydrogen) atoms. The Hall–Kier alpha value is -2.87. The molecule has 8 nitrogen and oxygen atoms in total. The van der Waals surface area contributed by atoms with E-state index in [1.165, 1.54) is 0 Å². The van der Waals surface area contributed by atoms with E-state index in [4.69, 9.17) is 9.47 Å². The minimum Gasteiger partial charge on any atom is -0.487 e. The number of H-pyrrole nitrogens is 1. The number of benzene rings is 1. The number of para-hydroxylation sites is 1. The lowest BCUT2D eigenvalue weighted by atomic mass is 9.68. The lowest BCUT2D eigenvalue weighted by molar-refractivity contribution is -0.169. The van der Waals surface area contributed by atoms with Crippen molar-refractivity contribution in [2.75, 3.05) is 13.2 Å². The fourth-order valence-electron chi connectivity index (χ4n) is 6.08. The summed E-state index contributed by atoms with van der Waals surface area (Å²) >= 11 is 0. The van der Waals surface area contributed by atoms with Crippen LogP contribution in [-0.2, 0) is 14.9 Å². The number of aromatic nitrogens is 2. The van der Waals surface area contributed by atoms with Gasteiger partial charge in [-0.25, -0.2) is 0 Å². The fraction of sp³-hybridized carbons (Fsp3) is 0.593. The van der Waals surface area contributed by atoms with Gasteiger partial charge in [0.15, 0.2) is 0 Å². The van der Waals surface area contributed by atoms with Crippen LogP contribution in [0.2, 0.25) is 0 Å². The molecule has 5 rings (SSSR count). The van der Waals surface area contributed by atoms with Crippen molar-refractivity contribution in [1.82, 2.24) is 15.1 Å². The van der Waals surface area contributed by atoms with Gasteiger partial charge in [0.25, 0.3) is 5.91 Å². The second-order valence-electron chi connectivity index (χ2n) is 11.6. The summed E-state index contributed by atoms with van der Waals surface area (Å²) in [6.45, 7) is 9.34. The van der Waals surface area contributed by atoms with Crippen molar-refractivity contribution < 1.29 is 24.2 Å². The Morgan fingerprint density at radius 1 is 1.29 bits per heavy atom. The predicted molar refractivity (Wildman–Crippen MR) is 129 cm³/mol. The maximum atomic E-state index is 13.7. The first kappa shape index (κ1) is 23.9. The van der Waals surface area contributed by atoms with Crippen molar-refractivity contribution in [2.45, 2.75) is 82.5 Å². The Balaban J connectivity index is 1.46. The Morgan fingerprint density at radius 2 is 2.06 bits per heavy atom. The molecule has 0 radical (unpaired) electrons. The van der Waals surface area contributed by atoms with Crippen molar-refractivity contribution >= 4 is 11.9 Å². The molecule has 3 aliphatic heterocycles. The number of ether oxygens (including phenoxy) is 2. The molecule has 2 N–H and O–H groups in total. The van der Waals surface area contributed by atoms with Gasteiger partial charge in [0, 0.05) is 35.6 Å². The predicted octanol–water partition coefficient (Wildman–Crippen LogP) is 4.48. The Morgan fingerprint density at radius 3 is 2.77 bits per heavy atom. The third-order valence-electron chi connectivity index (χ3n) is 8.13. The molecule has 4 heterocycles. The largest absolute Gasteiger partial charge is 0.487 e. The van der Waals surface area contributed by atoms with Gasteiger partial charge in [0.2, 0.25) is 0 Å². The number of hydrogen-bond acceptors (Lipinski definition) is 5. The standard InChI is InChI=1S/C27H35N3O5/c1-25(2,3)21-14-19(28-29-21)24(33)30-13-7-11-27(30)15-18-23(34-16-27)17-8-5-6-9-20(17)35-26(18,4)12-10-22(31)32/h5-6,8-9,14,18,23H,7,10-13,15-16H2,1-4H3,(H,28,29)(H,31,32)/t18-,23+,26+,27+/m1/s1. The highest BCUT2D eigenvalue weighted by Crippen LogP contribution is 2.55. The number of fused-ring (bicyclic) bond motifs is 3. The highest BCUT2D eigenvalue weighted by molar-refractivity contribution is 5.93. The number of carbonyl (C=O) groups excluding carboxylic acids is 1. The monoisotopic (exact) mass is 481 g/mol. The van der Waals surface area contributed by atoms with Crippen LogP contribution in [0.3, 0.4) is 0 Å². The van der Waals surface area contributed by atoms with Crippen molar-refractivity contribution in [3.63, 3.8) is 0 Å². The average Bonchev–Trinajstić information content (AvgIpc) is 3.46. The summed E-state index contributed by atoms with van der Waals surface area (Å²) in [5.74, 6) is -0.255. The van der Waals surface area contributed by atoms with Crippen molar-refractivity contribution in [1.29, 1.82) is 0 Å². The number of likely N-dealkylation sites (tertiary alicyclic amines) is 1. The van der Waals surface area contributed by atoms with E-state index in [0.717, 1.165) is 29.8 Å². The van der Waals surface area contributed by atoms with Crippen LogP contribution in [0.1, 0.15) is 87.6 Å². The van der Waals surface area contributed by atoms with Crippen molar-refractivity contribution in [3.8, 4) is 5.75 Å². The zero-order valence-corrected chi connectivity index (χ0v) is 21.0. The summed E-state index contributed by atoms with van der Waals surface area (Å²) in [4.78, 5) is 27.1. The lowest BCUT2D eigenvalue weighted by Gasteiger charge is -2.54. The van der Waals surface area contributed by atoms with Crippen LogP contribution in [-0.4, -0.2) is 56.4 Å². The summed E-state index contributed by atoms with van der Waals surface area (Å²) < 4.78 is 13.1. The number of aliphatic carboxylic acids is 1. The van der Waals surface area contributed by atoms with Crippen LogP contribution < -0.4 is 4.74 Å². The Kier molecular flexibility index (Phi) is 5.70. The Bertz CT molecular complexity index is 1140. The highest BCUT2D eigenvalue weighted by Gasteiger charge is 2.57. The second kappa shape index (κ2) is 8.36. The van der Waals surface area contributed by atoms with Crippen molar-refractivity contribution in [3.05, 3.63) is 47.3 Å². The van der Waals surface area contributed by atoms with E-state index in [-0.39, 0.29) is 29.8 Å². The van der Waals surface area contributed by atoms with Crippen LogP contribution in [0.15, 0.2) is 30.3 Å². The van der Waals surface area contributed by atoms with Gasteiger partial charge in [0.1, 0.15) is 17.0 Å². The minimum atomic E-state index is -0.845. The molecule has 8 heteroatoms. The van der Waals surface area contributed by atoms with Gasteiger partial charge < -0.3 is 19.5 Å². The number of carbonyl (C=O) groups is 2. The molecule has 188 valence electrons. The van der Waals surface area contributed by atoms with Gasteiger partial charge in [-0.15, -0.1) is 0 Å². The molecule has 1 amide bonds. The number of rotatable bonds is 4. The second-order valence-corrected chi connectivity index (χ2v) is 11.6. The topological polar surface area (TPSA) is 105 Å². The van der Waals surface area contributed by atoms with Crippen LogP contribution in [0, 0.1) is 5.92 Å². The molecular weight excluding hydrogens is 446 g/mol. The first-order valence-electron chi connectivity index (χ1n) is 12.5. The lowest BCUT2D eigenvalue weighted by Crippen LogP contribution is -2.60. The molecule has 2 saturated heterocycles. The van der Waals surface area contributed by atoms with Gasteiger partial charge in [-0.05, 0) is 44.7 Å². The molecule has 0 unspecified atom stereocenters. The molecule has 0 saturated carbocycles. The molecule has 3 aliphatic rings. The zero-order chi connectivity index (χ0) is 25.0. The van der Waals surface area contributed by atoms with E-state index in [0.29, 0.717) is 31.7 Å². The smallest absolute Gasteiger partial charge is 0.303 e. The SMILES string of the molecule is CC(C)(C)c1cc(C(=O)N2CCC[C@]23CO[C@H]2c4ccccc4O[C@@](C)(CCC(=O)O)[C@@H]2C3)n[nH]1. The molecule has 1 spiro atoms. The van der Waals surface area contributed by atoms with Gasteiger partial charge in [-0.3, -0.25) is 14.7 Å². The van der Waals surface area contributed by atoms with E-state index >= 15 is 0 Å². The molecule has 1 aromatic heterocycles. The maximum absolute atomic E-state index is 13.7. The van der Waals surface area contributed by atoms with Gasteiger partial charge in [0.05, 0.1) is 18.2 Å². The molecule has 4 atom stereocenters. The number of aromatic amines is 1. The number of hydrogen-bond donors (Lipinski definition) is 2. The third kappa shape index (κ3) is 4.11. The van der Waals surface area contributed by atoms with E-state index in [2.05, 4.69) is 31.0 Å². The summed E-state index contributed by atoms with van der Waals surface area (Å²) in [7, 11) is 0. The highest BCUT2D eigenvalue weighted by atomic mass is 16.5. The maximum Gasteiger partial charge on any atom is 0.303 e. The number of carboxylic acids is 1. The number of nitrogens with zero attached hydrogens (tertiary/aromatic N) is 2. The summed E-state index contributed by atoms with van der Waals surface area (Å²) in [6.07, 6.45) is 2.63. The van der Waals surface area contributed by atoms with Crippen LogP contribution in [0.25, 0.3) is 0 Å². The first-order valence-corrected chi connectivity index (χ1v) is 12.5. The van der Waals surface area contributed by atoms with E-state index < -0.39 is 17.1 Å². The number of carboxylic acid groups (broad SMARTS) is 1. The molecule has 2 aromatic rings. The van der Waals surface area contributed by atoms with Gasteiger partial charge in [-0.1, -0.05) is 39.0 Å². The van der Waals surface area contributed by atoms with Gasteiger partial charge in [-0.2, -0.15) is 5.10 Å². The average molecular weight is 482 g/mol. The number of amides is 1. The molecule has 0 aliphatic carbocycles. The van der Waals surface area contributed by atoms with E-state index in [1.807, 2.05) is 42.2 Å². The molecule has 0 bridgehead atoms. The first-order chi connectivity index (χ1) is 16.5. The molecule has 1 aromatic carbocycles. The fourth-order valence-corrected chi connectivity index (χ4v) is 6.08. The summed E-state index contributed by atoms with van der Waals surface area (Å²) in [6, 6.07) is 9.71. The van der Waals surface area contributed by atoms with E-state index in [9.17, 15) is 14.7 Å². The number of nitrogens with one attached hydrogen (secondary N) is 1. The summed E-state index contributed by atoms with van der Waals surface area (Å²) in [5, 5.41) is 16.8. The van der Waals surface area contributed by atoms with Crippen LogP contribution in [0.4, 0.5) is 0 Å². The quantitative estimate of drug-likeness (QED) is 0.667. The molecular formula is C27H35N3O5. The minimum absolute atomic E-state index is 0.0143. The van der Waals surface area contributed by atoms with Crippen molar-refractivity contribution in [2.24, 2.45) is 5.92 Å². The summed E-state index contributed by atoms with van der Waals surface area (Å²) in [5.41, 5.74) is 1.05. The van der Waals surface area contributed by atoms with Crippen LogP contribution >= 0.6 is 0 Å².